The van der Waals surface area contributed by atoms with Gasteiger partial charge in [-0.1, -0.05) is 61.2 Å². The molecule has 1 nitrogen and oxygen atoms in total. The quantitative estimate of drug-likeness (QED) is 0.621. The number of benzene rings is 2. The van der Waals surface area contributed by atoms with Gasteiger partial charge in [0.2, 0.25) is 0 Å². The number of hydrogen-bond acceptors (Lipinski definition) is 1. The summed E-state index contributed by atoms with van der Waals surface area (Å²) in [6.45, 7) is 2.16. The van der Waals surface area contributed by atoms with Crippen molar-refractivity contribution in [3.63, 3.8) is 0 Å². The van der Waals surface area contributed by atoms with Crippen LogP contribution in [0.5, 0.6) is 0 Å². The zero-order chi connectivity index (χ0) is 15.2. The highest BCUT2D eigenvalue weighted by Crippen LogP contribution is 2.21. The van der Waals surface area contributed by atoms with E-state index in [2.05, 4.69) is 48.0 Å². The highest BCUT2D eigenvalue weighted by Gasteiger charge is 2.04. The molecule has 1 heteroatoms. The Labute approximate surface area is 131 Å². The largest absolute Gasteiger partial charge is 0.255 e. The van der Waals surface area contributed by atoms with E-state index in [0.29, 0.717) is 0 Å². The van der Waals surface area contributed by atoms with Gasteiger partial charge in [-0.3, -0.25) is 4.98 Å². The first kappa shape index (κ1) is 14.1. The van der Waals surface area contributed by atoms with Crippen molar-refractivity contribution < 1.29 is 0 Å². The van der Waals surface area contributed by atoms with E-state index in [1.54, 1.807) is 0 Å². The maximum Gasteiger partial charge on any atom is 0.0858 e. The molecule has 1 aromatic heterocycles. The van der Waals surface area contributed by atoms with Crippen LogP contribution in [0.1, 0.15) is 23.6 Å². The molecule has 0 unspecified atom stereocenters. The summed E-state index contributed by atoms with van der Waals surface area (Å²) in [6.07, 6.45) is 2.86. The van der Waals surface area contributed by atoms with Gasteiger partial charge >= 0.3 is 0 Å². The van der Waals surface area contributed by atoms with E-state index < -0.39 is 0 Å². The summed E-state index contributed by atoms with van der Waals surface area (Å²) >= 11 is 0. The molecule has 0 aliphatic rings. The number of aryl methyl sites for hydroxylation is 1. The number of aromatic nitrogens is 1. The molecule has 0 fully saturated rings. The highest BCUT2D eigenvalue weighted by atomic mass is 14.7. The van der Waals surface area contributed by atoms with Crippen molar-refractivity contribution in [1.29, 1.82) is 0 Å². The molecule has 22 heavy (non-hydrogen) atoms. The van der Waals surface area contributed by atoms with E-state index in [9.17, 15) is 0 Å². The van der Waals surface area contributed by atoms with Crippen LogP contribution in [0, 0.1) is 11.8 Å². The van der Waals surface area contributed by atoms with Crippen molar-refractivity contribution in [2.24, 2.45) is 0 Å². The zero-order valence-corrected chi connectivity index (χ0v) is 12.6. The fourth-order valence-corrected chi connectivity index (χ4v) is 2.30. The van der Waals surface area contributed by atoms with Crippen molar-refractivity contribution in [3.8, 4) is 23.1 Å². The van der Waals surface area contributed by atoms with E-state index >= 15 is 0 Å². The summed E-state index contributed by atoms with van der Waals surface area (Å²) in [6, 6.07) is 22.5. The average molecular weight is 283 g/mol. The van der Waals surface area contributed by atoms with Crippen LogP contribution in [0.4, 0.5) is 0 Å². The molecule has 0 amide bonds. The third kappa shape index (κ3) is 3.24. The summed E-state index contributed by atoms with van der Waals surface area (Å²) in [4.78, 5) is 4.51. The number of pyridine rings is 1. The minimum atomic E-state index is 0.939. The Bertz CT molecular complexity index is 806. The van der Waals surface area contributed by atoms with E-state index in [4.69, 9.17) is 0 Å². The molecule has 0 atom stereocenters. The van der Waals surface area contributed by atoms with Gasteiger partial charge in [-0.15, -0.1) is 0 Å². The van der Waals surface area contributed by atoms with Gasteiger partial charge in [0, 0.05) is 17.3 Å². The van der Waals surface area contributed by atoms with Crippen LogP contribution >= 0.6 is 0 Å². The molecule has 3 rings (SSSR count). The van der Waals surface area contributed by atoms with Crippen LogP contribution in [-0.2, 0) is 6.42 Å². The molecule has 1 heterocycles. The second-order valence-corrected chi connectivity index (χ2v) is 5.07. The van der Waals surface area contributed by atoms with Crippen molar-refractivity contribution in [2.75, 3.05) is 0 Å². The summed E-state index contributed by atoms with van der Waals surface area (Å²) in [5.74, 6) is 6.45. The lowest BCUT2D eigenvalue weighted by molar-refractivity contribution is 1.14. The molecule has 0 N–H and O–H groups in total. The minimum absolute atomic E-state index is 0.939. The molecular formula is C21H17N. The third-order valence-electron chi connectivity index (χ3n) is 3.56. The van der Waals surface area contributed by atoms with E-state index in [1.165, 1.54) is 5.56 Å². The molecule has 2 aromatic carbocycles. The molecule has 106 valence electrons. The lowest BCUT2D eigenvalue weighted by atomic mass is 10.0. The summed E-state index contributed by atoms with van der Waals surface area (Å²) in [5.41, 5.74) is 5.34. The minimum Gasteiger partial charge on any atom is -0.255 e. The smallest absolute Gasteiger partial charge is 0.0858 e. The zero-order valence-electron chi connectivity index (χ0n) is 12.6. The normalized spacial score (nSPS) is 9.86. The lowest BCUT2D eigenvalue weighted by Crippen LogP contribution is -1.89. The molecule has 0 aliphatic heterocycles. The van der Waals surface area contributed by atoms with E-state index in [0.717, 1.165) is 28.8 Å². The second-order valence-electron chi connectivity index (χ2n) is 5.07. The summed E-state index contributed by atoms with van der Waals surface area (Å²) < 4.78 is 0. The van der Waals surface area contributed by atoms with E-state index in [-0.39, 0.29) is 0 Å². The summed E-state index contributed by atoms with van der Waals surface area (Å²) in [7, 11) is 0. The predicted molar refractivity (Wildman–Crippen MR) is 91.5 cm³/mol. The Morgan fingerprint density at radius 2 is 1.59 bits per heavy atom. The van der Waals surface area contributed by atoms with E-state index in [1.807, 2.05) is 48.7 Å². The van der Waals surface area contributed by atoms with Crippen molar-refractivity contribution in [2.45, 2.75) is 13.3 Å². The van der Waals surface area contributed by atoms with Crippen molar-refractivity contribution in [3.05, 3.63) is 89.6 Å². The first-order valence-corrected chi connectivity index (χ1v) is 7.48. The Morgan fingerprint density at radius 3 is 2.32 bits per heavy atom. The van der Waals surface area contributed by atoms with Gasteiger partial charge in [-0.05, 0) is 36.2 Å². The van der Waals surface area contributed by atoms with Crippen LogP contribution in [-0.4, -0.2) is 4.98 Å². The van der Waals surface area contributed by atoms with Gasteiger partial charge in [0.1, 0.15) is 0 Å². The fraction of sp³-hybridized carbons (Fsp3) is 0.0952. The Morgan fingerprint density at radius 1 is 0.818 bits per heavy atom. The first-order chi connectivity index (χ1) is 10.9. The topological polar surface area (TPSA) is 12.9 Å². The van der Waals surface area contributed by atoms with Crippen LogP contribution < -0.4 is 0 Å². The average Bonchev–Trinajstić information content (AvgIpc) is 2.61. The monoisotopic (exact) mass is 283 g/mol. The molecule has 0 saturated heterocycles. The Kier molecular flexibility index (Phi) is 4.32. The maximum atomic E-state index is 4.51. The van der Waals surface area contributed by atoms with Crippen LogP contribution in [0.3, 0.4) is 0 Å². The molecular weight excluding hydrogens is 266 g/mol. The van der Waals surface area contributed by atoms with Gasteiger partial charge in [-0.25, -0.2) is 0 Å². The molecule has 0 spiro atoms. The highest BCUT2D eigenvalue weighted by molar-refractivity contribution is 5.67. The molecule has 0 saturated carbocycles. The van der Waals surface area contributed by atoms with Gasteiger partial charge in [-0.2, -0.15) is 0 Å². The van der Waals surface area contributed by atoms with Crippen molar-refractivity contribution >= 4 is 0 Å². The third-order valence-corrected chi connectivity index (χ3v) is 3.56. The Balaban J connectivity index is 1.98. The maximum absolute atomic E-state index is 4.51. The standard InChI is InChI=1S/C21H17N/c1-2-17-10-13-20(14-11-17)21-19(9-6-16-22-21)15-12-18-7-4-3-5-8-18/h3-11,13-14,16H,2H2,1H3. The summed E-state index contributed by atoms with van der Waals surface area (Å²) in [5, 5.41) is 0. The Hall–Kier alpha value is -2.85. The SMILES string of the molecule is CCc1ccc(-c2ncccc2C#Cc2ccccc2)cc1. The first-order valence-electron chi connectivity index (χ1n) is 7.48. The van der Waals surface area contributed by atoms with Crippen molar-refractivity contribution in [1.82, 2.24) is 4.98 Å². The lowest BCUT2D eigenvalue weighted by Gasteiger charge is -2.04. The van der Waals surface area contributed by atoms with Gasteiger partial charge in [0.15, 0.2) is 0 Å². The molecule has 0 aliphatic carbocycles. The van der Waals surface area contributed by atoms with Gasteiger partial charge in [0.25, 0.3) is 0 Å². The number of nitrogens with zero attached hydrogens (tertiary/aromatic N) is 1. The fourth-order valence-electron chi connectivity index (χ4n) is 2.30. The van der Waals surface area contributed by atoms with Crippen LogP contribution in [0.2, 0.25) is 0 Å². The number of hydrogen-bond donors (Lipinski definition) is 0. The van der Waals surface area contributed by atoms with Crippen LogP contribution in [0.25, 0.3) is 11.3 Å². The van der Waals surface area contributed by atoms with Gasteiger partial charge in [0.05, 0.1) is 11.3 Å². The number of rotatable bonds is 2. The molecule has 0 bridgehead atoms. The molecule has 0 radical (unpaired) electrons. The van der Waals surface area contributed by atoms with Gasteiger partial charge < -0.3 is 0 Å². The molecule has 3 aromatic rings. The van der Waals surface area contributed by atoms with Crippen LogP contribution in [0.15, 0.2) is 72.9 Å². The second kappa shape index (κ2) is 6.74. The predicted octanol–water partition coefficient (Wildman–Crippen LogP) is 4.71.